The fourth-order valence-electron chi connectivity index (χ4n) is 3.45. The van der Waals surface area contributed by atoms with E-state index in [9.17, 15) is 9.18 Å². The van der Waals surface area contributed by atoms with Crippen molar-refractivity contribution in [1.82, 2.24) is 9.55 Å². The van der Waals surface area contributed by atoms with Gasteiger partial charge in [-0.2, -0.15) is 0 Å². The lowest BCUT2D eigenvalue weighted by atomic mass is 9.97. The molecule has 1 aromatic carbocycles. The molecular weight excluding hydrogens is 337 g/mol. The van der Waals surface area contributed by atoms with Crippen molar-refractivity contribution in [2.45, 2.75) is 32.1 Å². The Labute approximate surface area is 149 Å². The number of thiophene rings is 1. The number of halogens is 1. The van der Waals surface area contributed by atoms with Gasteiger partial charge in [-0.15, -0.1) is 11.3 Å². The van der Waals surface area contributed by atoms with Crippen LogP contribution in [0.2, 0.25) is 0 Å². The van der Waals surface area contributed by atoms with Gasteiger partial charge >= 0.3 is 0 Å². The third-order valence-electron chi connectivity index (χ3n) is 4.83. The first-order valence-electron chi connectivity index (χ1n) is 8.63. The van der Waals surface area contributed by atoms with Gasteiger partial charge < -0.3 is 5.32 Å². The summed E-state index contributed by atoms with van der Waals surface area (Å²) < 4.78 is 15.3. The minimum absolute atomic E-state index is 0.0118. The number of nitrogens with one attached hydrogen (secondary N) is 1. The van der Waals surface area contributed by atoms with E-state index in [0.29, 0.717) is 24.5 Å². The summed E-state index contributed by atoms with van der Waals surface area (Å²) in [5.74, 6) is 0.347. The summed E-state index contributed by atoms with van der Waals surface area (Å²) in [5.41, 5.74) is 1.88. The molecule has 2 aromatic heterocycles. The minimum atomic E-state index is -0.201. The number of hydrogen-bond acceptors (Lipinski definition) is 4. The predicted octanol–water partition coefficient (Wildman–Crippen LogP) is 3.67. The topological polar surface area (TPSA) is 46.9 Å². The summed E-state index contributed by atoms with van der Waals surface area (Å²) in [6.45, 7) is 0.526. The van der Waals surface area contributed by atoms with E-state index in [2.05, 4.69) is 10.3 Å². The van der Waals surface area contributed by atoms with Crippen LogP contribution in [-0.2, 0) is 26.3 Å². The van der Waals surface area contributed by atoms with Crippen LogP contribution in [0.3, 0.4) is 0 Å². The molecule has 4 rings (SSSR count). The molecule has 0 bridgehead atoms. The average molecular weight is 357 g/mol. The van der Waals surface area contributed by atoms with Crippen molar-refractivity contribution in [2.24, 2.45) is 7.05 Å². The van der Waals surface area contributed by atoms with Crippen molar-refractivity contribution in [1.29, 1.82) is 0 Å². The average Bonchev–Trinajstić information content (AvgIpc) is 2.99. The molecule has 1 aliphatic rings. The molecule has 1 N–H and O–H groups in total. The van der Waals surface area contributed by atoms with Gasteiger partial charge in [0.05, 0.1) is 5.39 Å². The predicted molar refractivity (Wildman–Crippen MR) is 100 cm³/mol. The fraction of sp³-hybridized carbons (Fsp3) is 0.368. The third kappa shape index (κ3) is 2.95. The second kappa shape index (κ2) is 6.59. The Hall–Kier alpha value is -2.21. The maximum Gasteiger partial charge on any atom is 0.263 e. The molecule has 0 amide bonds. The highest BCUT2D eigenvalue weighted by molar-refractivity contribution is 7.18. The number of benzene rings is 1. The highest BCUT2D eigenvalue weighted by Crippen LogP contribution is 2.34. The summed E-state index contributed by atoms with van der Waals surface area (Å²) in [5, 5.41) is 3.99. The number of nitrogens with zero attached hydrogens (tertiary/aromatic N) is 2. The van der Waals surface area contributed by atoms with Gasteiger partial charge in [0.25, 0.3) is 5.56 Å². The Morgan fingerprint density at radius 2 is 2.08 bits per heavy atom. The molecule has 3 aromatic rings. The summed E-state index contributed by atoms with van der Waals surface area (Å²) >= 11 is 1.64. The second-order valence-corrected chi connectivity index (χ2v) is 7.54. The second-order valence-electron chi connectivity index (χ2n) is 6.46. The number of hydrogen-bond donors (Lipinski definition) is 1. The summed E-state index contributed by atoms with van der Waals surface area (Å²) in [4.78, 5) is 19.6. The molecule has 0 unspecified atom stereocenters. The van der Waals surface area contributed by atoms with E-state index in [0.717, 1.165) is 29.5 Å². The number of rotatable bonds is 4. The van der Waals surface area contributed by atoms with Crippen molar-refractivity contribution in [3.63, 3.8) is 0 Å². The fourth-order valence-corrected chi connectivity index (χ4v) is 4.71. The zero-order chi connectivity index (χ0) is 17.4. The smallest absolute Gasteiger partial charge is 0.263 e. The lowest BCUT2D eigenvalue weighted by molar-refractivity contribution is 0.610. The van der Waals surface area contributed by atoms with Gasteiger partial charge in [-0.3, -0.25) is 9.36 Å². The van der Waals surface area contributed by atoms with Gasteiger partial charge in [0, 0.05) is 18.5 Å². The van der Waals surface area contributed by atoms with Gasteiger partial charge in [-0.1, -0.05) is 18.2 Å². The number of fused-ring (bicyclic) bond motifs is 3. The first kappa shape index (κ1) is 16.3. The van der Waals surface area contributed by atoms with Gasteiger partial charge in [-0.25, -0.2) is 9.37 Å². The molecule has 0 saturated heterocycles. The standard InChI is InChI=1S/C19H20FN3OS/c1-23-18(24)16-13-7-3-5-9-15(13)25-17(16)22-19(23)21-11-10-12-6-2-4-8-14(12)20/h2,4,6,8H,3,5,7,9-11H2,1H3,(H,21,22). The van der Waals surface area contributed by atoms with E-state index in [1.165, 1.54) is 22.9 Å². The molecule has 0 aliphatic heterocycles. The molecule has 0 atom stereocenters. The molecule has 1 aliphatic carbocycles. The van der Waals surface area contributed by atoms with Gasteiger partial charge in [-0.05, 0) is 49.3 Å². The maximum atomic E-state index is 13.7. The molecule has 6 heteroatoms. The van der Waals surface area contributed by atoms with Crippen LogP contribution in [0.25, 0.3) is 10.2 Å². The summed E-state index contributed by atoms with van der Waals surface area (Å²) in [7, 11) is 1.74. The first-order valence-corrected chi connectivity index (χ1v) is 9.45. The molecule has 2 heterocycles. The Morgan fingerprint density at radius 3 is 2.92 bits per heavy atom. The van der Waals surface area contributed by atoms with Crippen molar-refractivity contribution < 1.29 is 4.39 Å². The van der Waals surface area contributed by atoms with Gasteiger partial charge in [0.15, 0.2) is 0 Å². The van der Waals surface area contributed by atoms with E-state index >= 15 is 0 Å². The highest BCUT2D eigenvalue weighted by Gasteiger charge is 2.21. The van der Waals surface area contributed by atoms with Crippen LogP contribution in [0.5, 0.6) is 0 Å². The van der Waals surface area contributed by atoms with E-state index in [-0.39, 0.29) is 11.4 Å². The lowest BCUT2D eigenvalue weighted by Crippen LogP contribution is -2.23. The van der Waals surface area contributed by atoms with Gasteiger partial charge in [0.1, 0.15) is 10.6 Å². The zero-order valence-electron chi connectivity index (χ0n) is 14.1. The Bertz CT molecular complexity index is 992. The normalized spacial score (nSPS) is 13.8. The van der Waals surface area contributed by atoms with Crippen molar-refractivity contribution in [3.8, 4) is 0 Å². The lowest BCUT2D eigenvalue weighted by Gasteiger charge is -2.12. The first-order chi connectivity index (χ1) is 12.1. The van der Waals surface area contributed by atoms with Crippen LogP contribution in [0.15, 0.2) is 29.1 Å². The highest BCUT2D eigenvalue weighted by atomic mass is 32.1. The number of aryl methyl sites for hydroxylation is 2. The quantitative estimate of drug-likeness (QED) is 0.775. The monoisotopic (exact) mass is 357 g/mol. The van der Waals surface area contributed by atoms with Crippen LogP contribution in [0.4, 0.5) is 10.3 Å². The number of anilines is 1. The molecule has 4 nitrogen and oxygen atoms in total. The Kier molecular flexibility index (Phi) is 4.29. The molecular formula is C19H20FN3OS. The van der Waals surface area contributed by atoms with Crippen LogP contribution in [0.1, 0.15) is 28.8 Å². The molecule has 130 valence electrons. The van der Waals surface area contributed by atoms with Crippen LogP contribution in [-0.4, -0.2) is 16.1 Å². The van der Waals surface area contributed by atoms with E-state index < -0.39 is 0 Å². The molecule has 0 spiro atoms. The Balaban J connectivity index is 1.61. The van der Waals surface area contributed by atoms with Gasteiger partial charge in [0.2, 0.25) is 5.95 Å². The summed E-state index contributed by atoms with van der Waals surface area (Å²) in [6.07, 6.45) is 4.90. The molecule has 0 fully saturated rings. The van der Waals surface area contributed by atoms with Crippen LogP contribution >= 0.6 is 11.3 Å². The summed E-state index contributed by atoms with van der Waals surface area (Å²) in [6, 6.07) is 6.75. The van der Waals surface area contributed by atoms with E-state index in [1.54, 1.807) is 35.1 Å². The van der Waals surface area contributed by atoms with E-state index in [1.807, 2.05) is 6.07 Å². The third-order valence-corrected chi connectivity index (χ3v) is 6.02. The molecule has 25 heavy (non-hydrogen) atoms. The molecule has 0 radical (unpaired) electrons. The van der Waals surface area contributed by atoms with E-state index in [4.69, 9.17) is 0 Å². The minimum Gasteiger partial charge on any atom is -0.355 e. The maximum absolute atomic E-state index is 13.7. The van der Waals surface area contributed by atoms with Crippen LogP contribution < -0.4 is 10.9 Å². The largest absolute Gasteiger partial charge is 0.355 e. The zero-order valence-corrected chi connectivity index (χ0v) is 15.0. The van der Waals surface area contributed by atoms with Crippen molar-refractivity contribution in [2.75, 3.05) is 11.9 Å². The van der Waals surface area contributed by atoms with Crippen molar-refractivity contribution in [3.05, 3.63) is 56.4 Å². The van der Waals surface area contributed by atoms with Crippen LogP contribution in [0, 0.1) is 5.82 Å². The number of aromatic nitrogens is 2. The SMILES string of the molecule is Cn1c(NCCc2ccccc2F)nc2sc3c(c2c1=O)CCCC3. The molecule has 0 saturated carbocycles. The Morgan fingerprint density at radius 1 is 1.28 bits per heavy atom. The van der Waals surface area contributed by atoms with Crippen molar-refractivity contribution >= 4 is 27.5 Å².